The van der Waals surface area contributed by atoms with Gasteiger partial charge in [0.05, 0.1) is 12.7 Å². The molecule has 0 saturated carbocycles. The van der Waals surface area contributed by atoms with Crippen molar-refractivity contribution < 1.29 is 4.79 Å². The van der Waals surface area contributed by atoms with E-state index in [0.717, 1.165) is 11.1 Å². The summed E-state index contributed by atoms with van der Waals surface area (Å²) < 4.78 is 3.15. The van der Waals surface area contributed by atoms with Gasteiger partial charge in [-0.05, 0) is 30.2 Å². The molecule has 9 heteroatoms. The molecule has 3 aromatic rings. The maximum Gasteiger partial charge on any atom is 0.247 e. The van der Waals surface area contributed by atoms with E-state index in [1.54, 1.807) is 40.1 Å². The molecule has 0 spiro atoms. The van der Waals surface area contributed by atoms with Gasteiger partial charge >= 0.3 is 0 Å². The molecule has 0 aliphatic heterocycles. The molecule has 0 atom stereocenters. The first-order valence-electron chi connectivity index (χ1n) is 7.36. The quantitative estimate of drug-likeness (QED) is 0.705. The molecule has 0 bridgehead atoms. The zero-order chi connectivity index (χ0) is 18.0. The Morgan fingerprint density at radius 2 is 1.96 bits per heavy atom. The van der Waals surface area contributed by atoms with Crippen LogP contribution in [0.4, 0.5) is 5.82 Å². The van der Waals surface area contributed by atoms with Gasteiger partial charge < -0.3 is 5.32 Å². The first-order chi connectivity index (χ1) is 11.9. The van der Waals surface area contributed by atoms with E-state index in [9.17, 15) is 4.79 Å². The predicted molar refractivity (Wildman–Crippen MR) is 98.4 cm³/mol. The van der Waals surface area contributed by atoms with E-state index in [0.29, 0.717) is 27.4 Å². The largest absolute Gasteiger partial charge is 0.306 e. The number of hydrogen-bond acceptors (Lipinski definition) is 3. The van der Waals surface area contributed by atoms with Gasteiger partial charge in [-0.3, -0.25) is 14.2 Å². The average Bonchev–Trinajstić information content (AvgIpc) is 3.08. The molecule has 0 aliphatic rings. The van der Waals surface area contributed by atoms with Crippen LogP contribution in [-0.4, -0.2) is 25.5 Å². The minimum atomic E-state index is -0.264. The van der Waals surface area contributed by atoms with Crippen LogP contribution in [0.25, 0.3) is 0 Å². The molecule has 130 valence electrons. The number of benzene rings is 1. The summed E-state index contributed by atoms with van der Waals surface area (Å²) in [6.07, 6.45) is 5.09. The number of nitrogens with zero attached hydrogens (tertiary/aromatic N) is 4. The van der Waals surface area contributed by atoms with Crippen molar-refractivity contribution in [2.24, 2.45) is 0 Å². The van der Waals surface area contributed by atoms with Crippen LogP contribution in [-0.2, 0) is 17.9 Å². The van der Waals surface area contributed by atoms with Crippen LogP contribution >= 0.6 is 34.8 Å². The molecular formula is C16H14Cl3N5O. The van der Waals surface area contributed by atoms with Crippen LogP contribution in [0.15, 0.2) is 36.8 Å². The van der Waals surface area contributed by atoms with E-state index in [4.69, 9.17) is 34.8 Å². The highest BCUT2D eigenvalue weighted by Crippen LogP contribution is 2.24. The van der Waals surface area contributed by atoms with Gasteiger partial charge in [0.15, 0.2) is 5.82 Å². The summed E-state index contributed by atoms with van der Waals surface area (Å²) in [6.45, 7) is 2.39. The molecule has 0 saturated heterocycles. The second-order valence-electron chi connectivity index (χ2n) is 5.52. The number of carbonyl (C=O) groups is 1. The average molecular weight is 399 g/mol. The second kappa shape index (κ2) is 7.47. The normalized spacial score (nSPS) is 10.9. The Kier molecular flexibility index (Phi) is 5.32. The van der Waals surface area contributed by atoms with Gasteiger partial charge in [0, 0.05) is 22.4 Å². The second-order valence-corrected chi connectivity index (χ2v) is 6.77. The highest BCUT2D eigenvalue weighted by Gasteiger charge is 2.12. The van der Waals surface area contributed by atoms with E-state index in [1.807, 2.05) is 13.0 Å². The third-order valence-electron chi connectivity index (χ3n) is 3.39. The lowest BCUT2D eigenvalue weighted by Crippen LogP contribution is -2.19. The van der Waals surface area contributed by atoms with Crippen molar-refractivity contribution in [3.8, 4) is 0 Å². The van der Waals surface area contributed by atoms with Gasteiger partial charge in [0.2, 0.25) is 5.91 Å². The molecule has 3 rings (SSSR count). The Labute approximate surface area is 159 Å². The predicted octanol–water partition coefficient (Wildman–Crippen LogP) is 4.04. The molecule has 2 aromatic heterocycles. The van der Waals surface area contributed by atoms with Crippen LogP contribution < -0.4 is 5.32 Å². The highest BCUT2D eigenvalue weighted by atomic mass is 35.5. The zero-order valence-corrected chi connectivity index (χ0v) is 15.5. The molecule has 1 aromatic carbocycles. The van der Waals surface area contributed by atoms with E-state index in [-0.39, 0.29) is 12.5 Å². The summed E-state index contributed by atoms with van der Waals surface area (Å²) >= 11 is 18.2. The summed E-state index contributed by atoms with van der Waals surface area (Å²) in [5, 5.41) is 12.5. The standard InChI is InChI=1S/C16H14Cl3N5O/c1-10-5-20-23(6-10)9-15(25)21-16-14(19)8-24(22-16)7-11-2-3-12(17)4-13(11)18/h2-6,8H,7,9H2,1H3,(H,21,22,25). The van der Waals surface area contributed by atoms with Gasteiger partial charge in [-0.25, -0.2) is 0 Å². The molecule has 0 aliphatic carbocycles. The number of anilines is 1. The Bertz CT molecular complexity index is 918. The smallest absolute Gasteiger partial charge is 0.247 e. The van der Waals surface area contributed by atoms with Gasteiger partial charge in [-0.1, -0.05) is 40.9 Å². The molecular weight excluding hydrogens is 385 g/mol. The number of carbonyl (C=O) groups excluding carboxylic acids is 1. The van der Waals surface area contributed by atoms with Crippen LogP contribution in [0.3, 0.4) is 0 Å². The Morgan fingerprint density at radius 1 is 1.16 bits per heavy atom. The number of aryl methyl sites for hydroxylation is 1. The topological polar surface area (TPSA) is 64.7 Å². The maximum atomic E-state index is 12.1. The lowest BCUT2D eigenvalue weighted by Gasteiger charge is -2.05. The van der Waals surface area contributed by atoms with Crippen molar-refractivity contribution in [3.05, 3.63) is 63.0 Å². The van der Waals surface area contributed by atoms with E-state index < -0.39 is 0 Å². The number of nitrogens with one attached hydrogen (secondary N) is 1. The number of aromatic nitrogens is 4. The first kappa shape index (κ1) is 17.8. The highest BCUT2D eigenvalue weighted by molar-refractivity contribution is 6.35. The fourth-order valence-corrected chi connectivity index (χ4v) is 2.93. The number of rotatable bonds is 5. The fraction of sp³-hybridized carbons (Fsp3) is 0.188. The summed E-state index contributed by atoms with van der Waals surface area (Å²) in [7, 11) is 0. The lowest BCUT2D eigenvalue weighted by atomic mass is 10.2. The van der Waals surface area contributed by atoms with Crippen molar-refractivity contribution in [3.63, 3.8) is 0 Å². The van der Waals surface area contributed by atoms with Crippen LogP contribution in [0.2, 0.25) is 15.1 Å². The number of amides is 1. The number of halogens is 3. The van der Waals surface area contributed by atoms with Crippen molar-refractivity contribution in [2.75, 3.05) is 5.32 Å². The zero-order valence-electron chi connectivity index (χ0n) is 13.2. The molecule has 0 unspecified atom stereocenters. The van der Waals surface area contributed by atoms with Gasteiger partial charge in [-0.2, -0.15) is 10.2 Å². The van der Waals surface area contributed by atoms with E-state index in [2.05, 4.69) is 15.5 Å². The SMILES string of the molecule is Cc1cnn(CC(=O)Nc2nn(Cc3ccc(Cl)cc3Cl)cc2Cl)c1. The molecule has 2 heterocycles. The van der Waals surface area contributed by atoms with Crippen molar-refractivity contribution in [1.82, 2.24) is 19.6 Å². The Balaban J connectivity index is 1.68. The minimum absolute atomic E-state index is 0.0834. The molecule has 1 N–H and O–H groups in total. The third kappa shape index (κ3) is 4.54. The Hall–Kier alpha value is -2.02. The van der Waals surface area contributed by atoms with Crippen LogP contribution in [0.5, 0.6) is 0 Å². The summed E-state index contributed by atoms with van der Waals surface area (Å²) in [4.78, 5) is 12.1. The molecule has 25 heavy (non-hydrogen) atoms. The number of hydrogen-bond donors (Lipinski definition) is 1. The summed E-state index contributed by atoms with van der Waals surface area (Å²) in [5.41, 5.74) is 1.82. The molecule has 6 nitrogen and oxygen atoms in total. The van der Waals surface area contributed by atoms with Gasteiger partial charge in [0.25, 0.3) is 0 Å². The van der Waals surface area contributed by atoms with E-state index in [1.165, 1.54) is 0 Å². The van der Waals surface area contributed by atoms with Gasteiger partial charge in [0.1, 0.15) is 11.6 Å². The van der Waals surface area contributed by atoms with E-state index >= 15 is 0 Å². The summed E-state index contributed by atoms with van der Waals surface area (Å²) in [6, 6.07) is 5.24. The summed E-state index contributed by atoms with van der Waals surface area (Å²) in [5.74, 6) is 0.0282. The molecule has 1 amide bonds. The fourth-order valence-electron chi connectivity index (χ4n) is 2.26. The minimum Gasteiger partial charge on any atom is -0.306 e. The maximum absolute atomic E-state index is 12.1. The Morgan fingerprint density at radius 3 is 2.64 bits per heavy atom. The monoisotopic (exact) mass is 397 g/mol. The van der Waals surface area contributed by atoms with Crippen LogP contribution in [0, 0.1) is 6.92 Å². The van der Waals surface area contributed by atoms with Crippen molar-refractivity contribution >= 4 is 46.5 Å². The van der Waals surface area contributed by atoms with Crippen molar-refractivity contribution in [2.45, 2.75) is 20.0 Å². The third-order valence-corrected chi connectivity index (χ3v) is 4.25. The van der Waals surface area contributed by atoms with Crippen LogP contribution in [0.1, 0.15) is 11.1 Å². The van der Waals surface area contributed by atoms with Crippen molar-refractivity contribution in [1.29, 1.82) is 0 Å². The lowest BCUT2D eigenvalue weighted by molar-refractivity contribution is -0.116. The van der Waals surface area contributed by atoms with Gasteiger partial charge in [-0.15, -0.1) is 0 Å². The molecule has 0 radical (unpaired) electrons. The first-order valence-corrected chi connectivity index (χ1v) is 8.50. The molecule has 0 fully saturated rings.